The van der Waals surface area contributed by atoms with Crippen molar-refractivity contribution in [3.8, 4) is 0 Å². The third kappa shape index (κ3) is 2.07. The summed E-state index contributed by atoms with van der Waals surface area (Å²) in [6.45, 7) is 0. The highest BCUT2D eigenvalue weighted by Crippen LogP contribution is 2.30. The quantitative estimate of drug-likeness (QED) is 0.659. The number of aryl methyl sites for hydroxylation is 1. The van der Waals surface area contributed by atoms with Crippen LogP contribution in [0.2, 0.25) is 0 Å². The first-order chi connectivity index (χ1) is 5.95. The molecule has 1 rings (SSSR count). The molecule has 0 aliphatic rings. The molecule has 72 valence electrons. The van der Waals surface area contributed by atoms with E-state index in [9.17, 15) is 18.0 Å². The summed E-state index contributed by atoms with van der Waals surface area (Å²) in [7, 11) is 1.38. The molecule has 0 bridgehead atoms. The number of alkyl halides is 3. The number of aldehydes is 1. The Morgan fingerprint density at radius 1 is 1.62 bits per heavy atom. The molecule has 6 heteroatoms. The summed E-state index contributed by atoms with van der Waals surface area (Å²) >= 11 is 0. The second-order valence-electron chi connectivity index (χ2n) is 2.55. The number of hydrogen-bond donors (Lipinski definition) is 0. The zero-order valence-electron chi connectivity index (χ0n) is 6.80. The van der Waals surface area contributed by atoms with Crippen molar-refractivity contribution in [1.82, 2.24) is 9.78 Å². The van der Waals surface area contributed by atoms with Gasteiger partial charge in [0.25, 0.3) is 0 Å². The molecule has 0 saturated heterocycles. The van der Waals surface area contributed by atoms with Crippen molar-refractivity contribution in [3.63, 3.8) is 0 Å². The normalized spacial score (nSPS) is 11.7. The highest BCUT2D eigenvalue weighted by Gasteiger charge is 2.36. The SMILES string of the molecule is Cn1cc(CC=O)c(C(F)(F)F)n1. The fraction of sp³-hybridized carbons (Fsp3) is 0.429. The van der Waals surface area contributed by atoms with Gasteiger partial charge in [-0.25, -0.2) is 0 Å². The molecule has 0 saturated carbocycles. The largest absolute Gasteiger partial charge is 0.435 e. The van der Waals surface area contributed by atoms with Gasteiger partial charge in [0.15, 0.2) is 5.69 Å². The van der Waals surface area contributed by atoms with E-state index in [0.717, 1.165) is 4.68 Å². The number of aromatic nitrogens is 2. The van der Waals surface area contributed by atoms with E-state index in [1.165, 1.54) is 13.2 Å². The Hall–Kier alpha value is -1.33. The smallest absolute Gasteiger partial charge is 0.303 e. The summed E-state index contributed by atoms with van der Waals surface area (Å²) in [5.41, 5.74) is -1.08. The van der Waals surface area contributed by atoms with Crippen LogP contribution in [0.25, 0.3) is 0 Å². The molecule has 0 aliphatic heterocycles. The van der Waals surface area contributed by atoms with Crippen LogP contribution >= 0.6 is 0 Å². The number of carbonyl (C=O) groups excluding carboxylic acids is 1. The van der Waals surface area contributed by atoms with Crippen LogP contribution in [0.3, 0.4) is 0 Å². The monoisotopic (exact) mass is 192 g/mol. The average Bonchev–Trinajstić information content (AvgIpc) is 2.30. The molecule has 13 heavy (non-hydrogen) atoms. The molecule has 0 unspecified atom stereocenters. The second kappa shape index (κ2) is 3.20. The Morgan fingerprint density at radius 2 is 2.23 bits per heavy atom. The van der Waals surface area contributed by atoms with Crippen LogP contribution in [0.1, 0.15) is 11.3 Å². The number of rotatable bonds is 2. The van der Waals surface area contributed by atoms with Crippen molar-refractivity contribution in [3.05, 3.63) is 17.5 Å². The van der Waals surface area contributed by atoms with Crippen LogP contribution in [0.15, 0.2) is 6.20 Å². The van der Waals surface area contributed by atoms with Crippen LogP contribution < -0.4 is 0 Å². The molecule has 0 N–H and O–H groups in total. The molecule has 0 aromatic carbocycles. The molecule has 0 amide bonds. The molecular formula is C7H7F3N2O. The Labute approximate surface area is 72.2 Å². The fourth-order valence-electron chi connectivity index (χ4n) is 1.02. The Balaban J connectivity index is 3.11. The number of halogens is 3. The van der Waals surface area contributed by atoms with Gasteiger partial charge >= 0.3 is 6.18 Å². The van der Waals surface area contributed by atoms with E-state index in [4.69, 9.17) is 0 Å². The lowest BCUT2D eigenvalue weighted by atomic mass is 10.2. The minimum absolute atomic E-state index is 0.0926. The first-order valence-electron chi connectivity index (χ1n) is 3.48. The Kier molecular flexibility index (Phi) is 2.40. The molecule has 3 nitrogen and oxygen atoms in total. The number of carbonyl (C=O) groups is 1. The van der Waals surface area contributed by atoms with Gasteiger partial charge in [0, 0.05) is 25.2 Å². The van der Waals surface area contributed by atoms with Crippen molar-refractivity contribution in [2.75, 3.05) is 0 Å². The molecule has 0 atom stereocenters. The summed E-state index contributed by atoms with van der Waals surface area (Å²) in [5, 5.41) is 3.23. The number of hydrogen-bond acceptors (Lipinski definition) is 2. The van der Waals surface area contributed by atoms with Crippen LogP contribution in [0.4, 0.5) is 13.2 Å². The van der Waals surface area contributed by atoms with E-state index >= 15 is 0 Å². The van der Waals surface area contributed by atoms with Crippen molar-refractivity contribution >= 4 is 6.29 Å². The van der Waals surface area contributed by atoms with Crippen molar-refractivity contribution < 1.29 is 18.0 Å². The van der Waals surface area contributed by atoms with Gasteiger partial charge in [-0.2, -0.15) is 18.3 Å². The lowest BCUT2D eigenvalue weighted by molar-refractivity contribution is -0.142. The van der Waals surface area contributed by atoms with E-state index in [0.29, 0.717) is 6.29 Å². The Bertz CT molecular complexity index is 316. The highest BCUT2D eigenvalue weighted by molar-refractivity contribution is 5.55. The predicted molar refractivity (Wildman–Crippen MR) is 38.0 cm³/mol. The van der Waals surface area contributed by atoms with Crippen LogP contribution in [-0.4, -0.2) is 16.1 Å². The van der Waals surface area contributed by atoms with Crippen LogP contribution in [-0.2, 0) is 24.4 Å². The minimum Gasteiger partial charge on any atom is -0.303 e. The van der Waals surface area contributed by atoms with Gasteiger partial charge in [-0.05, 0) is 0 Å². The fourth-order valence-corrected chi connectivity index (χ4v) is 1.02. The first-order valence-corrected chi connectivity index (χ1v) is 3.48. The zero-order chi connectivity index (χ0) is 10.1. The summed E-state index contributed by atoms with van der Waals surface area (Å²) < 4.78 is 37.6. The van der Waals surface area contributed by atoms with Crippen molar-refractivity contribution in [1.29, 1.82) is 0 Å². The van der Waals surface area contributed by atoms with E-state index in [1.807, 2.05) is 0 Å². The molecule has 1 aromatic heterocycles. The van der Waals surface area contributed by atoms with E-state index in [-0.39, 0.29) is 12.0 Å². The molecular weight excluding hydrogens is 185 g/mol. The summed E-state index contributed by atoms with van der Waals surface area (Å²) in [5.74, 6) is 0. The van der Waals surface area contributed by atoms with Gasteiger partial charge in [0.2, 0.25) is 0 Å². The van der Waals surface area contributed by atoms with Crippen LogP contribution in [0, 0.1) is 0 Å². The molecule has 1 aromatic rings. The van der Waals surface area contributed by atoms with E-state index in [1.54, 1.807) is 0 Å². The molecule has 0 fully saturated rings. The lowest BCUT2D eigenvalue weighted by Gasteiger charge is -2.02. The second-order valence-corrected chi connectivity index (χ2v) is 2.55. The summed E-state index contributed by atoms with van der Waals surface area (Å²) in [6, 6.07) is 0. The van der Waals surface area contributed by atoms with Gasteiger partial charge in [-0.3, -0.25) is 4.68 Å². The van der Waals surface area contributed by atoms with Gasteiger partial charge in [0.1, 0.15) is 6.29 Å². The van der Waals surface area contributed by atoms with E-state index in [2.05, 4.69) is 5.10 Å². The van der Waals surface area contributed by atoms with Crippen LogP contribution in [0.5, 0.6) is 0 Å². The van der Waals surface area contributed by atoms with Gasteiger partial charge in [-0.1, -0.05) is 0 Å². The van der Waals surface area contributed by atoms with Gasteiger partial charge < -0.3 is 4.79 Å². The zero-order valence-corrected chi connectivity index (χ0v) is 6.80. The van der Waals surface area contributed by atoms with Crippen molar-refractivity contribution in [2.24, 2.45) is 7.05 Å². The first kappa shape index (κ1) is 9.76. The topological polar surface area (TPSA) is 34.9 Å². The number of nitrogens with zero attached hydrogens (tertiary/aromatic N) is 2. The maximum atomic E-state index is 12.2. The molecule has 0 spiro atoms. The summed E-state index contributed by atoms with van der Waals surface area (Å²) in [6.07, 6.45) is -3.13. The van der Waals surface area contributed by atoms with Gasteiger partial charge in [-0.15, -0.1) is 0 Å². The van der Waals surface area contributed by atoms with Crippen molar-refractivity contribution in [2.45, 2.75) is 12.6 Å². The third-order valence-corrected chi connectivity index (χ3v) is 1.48. The molecule has 0 radical (unpaired) electrons. The highest BCUT2D eigenvalue weighted by atomic mass is 19.4. The third-order valence-electron chi connectivity index (χ3n) is 1.48. The molecule has 1 heterocycles. The predicted octanol–water partition coefficient (Wildman–Crippen LogP) is 1.18. The summed E-state index contributed by atoms with van der Waals surface area (Å²) in [4.78, 5) is 10.1. The Morgan fingerprint density at radius 3 is 2.69 bits per heavy atom. The maximum absolute atomic E-state index is 12.2. The standard InChI is InChI=1S/C7H7F3N2O/c1-12-4-5(2-3-13)6(11-12)7(8,9)10/h3-4H,2H2,1H3. The minimum atomic E-state index is -4.49. The molecule has 0 aliphatic carbocycles. The van der Waals surface area contributed by atoms with E-state index < -0.39 is 11.9 Å². The maximum Gasteiger partial charge on any atom is 0.435 e. The average molecular weight is 192 g/mol. The lowest BCUT2D eigenvalue weighted by Crippen LogP contribution is -2.09. The van der Waals surface area contributed by atoms with Gasteiger partial charge in [0.05, 0.1) is 0 Å².